The van der Waals surface area contributed by atoms with Gasteiger partial charge in [0, 0.05) is 32.2 Å². The zero-order valence-electron chi connectivity index (χ0n) is 14.5. The minimum Gasteiger partial charge on any atom is -0.466 e. The number of anilines is 2. The van der Waals surface area contributed by atoms with Crippen molar-refractivity contribution in [3.05, 3.63) is 35.5 Å². The maximum Gasteiger partial charge on any atom is 0.254 e. The molecule has 8 nitrogen and oxygen atoms in total. The zero-order valence-corrected chi connectivity index (χ0v) is 14.5. The molecule has 3 rings (SSSR count). The Balaban J connectivity index is 1.47. The molecule has 0 spiro atoms. The average Bonchev–Trinajstić information content (AvgIpc) is 2.98. The highest BCUT2D eigenvalue weighted by Gasteiger charge is 2.14. The lowest BCUT2D eigenvalue weighted by Crippen LogP contribution is -2.36. The van der Waals surface area contributed by atoms with Gasteiger partial charge in [0.1, 0.15) is 29.5 Å². The molecule has 0 aliphatic carbocycles. The molecular weight excluding hydrogens is 322 g/mol. The summed E-state index contributed by atoms with van der Waals surface area (Å²) >= 11 is 0. The van der Waals surface area contributed by atoms with Gasteiger partial charge in [-0.3, -0.25) is 4.79 Å². The Kier molecular flexibility index (Phi) is 5.49. The molecule has 1 amide bonds. The molecule has 1 aliphatic heterocycles. The van der Waals surface area contributed by atoms with E-state index in [1.807, 2.05) is 13.0 Å². The van der Waals surface area contributed by atoms with Crippen molar-refractivity contribution in [1.82, 2.24) is 15.3 Å². The van der Waals surface area contributed by atoms with Crippen LogP contribution in [-0.2, 0) is 4.74 Å². The molecule has 2 N–H and O–H groups in total. The van der Waals surface area contributed by atoms with Gasteiger partial charge in [-0.15, -0.1) is 0 Å². The summed E-state index contributed by atoms with van der Waals surface area (Å²) in [6.45, 7) is 7.75. The first-order valence-electron chi connectivity index (χ1n) is 8.37. The first kappa shape index (κ1) is 17.2. The van der Waals surface area contributed by atoms with Crippen LogP contribution in [0.2, 0.25) is 0 Å². The monoisotopic (exact) mass is 345 g/mol. The van der Waals surface area contributed by atoms with Crippen LogP contribution in [0.1, 0.15) is 21.9 Å². The lowest BCUT2D eigenvalue weighted by atomic mass is 10.2. The Morgan fingerprint density at radius 1 is 1.20 bits per heavy atom. The molecule has 0 bridgehead atoms. The standard InChI is InChI=1S/C17H23N5O3/c1-12-9-14(13(2)25-12)17(23)19-4-3-18-15-10-16(21-11-20-15)22-5-7-24-8-6-22/h9-11H,3-8H2,1-2H3,(H,19,23)(H,18,20,21). The number of furan rings is 1. The van der Waals surface area contributed by atoms with Gasteiger partial charge in [-0.25, -0.2) is 9.97 Å². The molecule has 8 heteroatoms. The van der Waals surface area contributed by atoms with Crippen LogP contribution >= 0.6 is 0 Å². The number of amides is 1. The van der Waals surface area contributed by atoms with Gasteiger partial charge in [-0.2, -0.15) is 0 Å². The van der Waals surface area contributed by atoms with Crippen molar-refractivity contribution < 1.29 is 13.9 Å². The van der Waals surface area contributed by atoms with E-state index in [-0.39, 0.29) is 5.91 Å². The number of rotatable bonds is 6. The molecule has 0 radical (unpaired) electrons. The summed E-state index contributed by atoms with van der Waals surface area (Å²) in [5.74, 6) is 2.86. The highest BCUT2D eigenvalue weighted by molar-refractivity contribution is 5.95. The summed E-state index contributed by atoms with van der Waals surface area (Å²) in [4.78, 5) is 22.8. The number of aromatic nitrogens is 2. The summed E-state index contributed by atoms with van der Waals surface area (Å²) in [5.41, 5.74) is 0.578. The molecule has 0 aromatic carbocycles. The first-order valence-corrected chi connectivity index (χ1v) is 8.37. The molecule has 25 heavy (non-hydrogen) atoms. The van der Waals surface area contributed by atoms with E-state index >= 15 is 0 Å². The SMILES string of the molecule is Cc1cc(C(=O)NCCNc2cc(N3CCOCC3)ncn2)c(C)o1. The van der Waals surface area contributed by atoms with Gasteiger partial charge in [0.05, 0.1) is 18.8 Å². The molecule has 1 aliphatic rings. The maximum absolute atomic E-state index is 12.1. The second-order valence-electron chi connectivity index (χ2n) is 5.87. The van der Waals surface area contributed by atoms with Crippen molar-refractivity contribution in [1.29, 1.82) is 0 Å². The minimum absolute atomic E-state index is 0.132. The molecule has 0 atom stereocenters. The van der Waals surface area contributed by atoms with E-state index in [4.69, 9.17) is 9.15 Å². The summed E-state index contributed by atoms with van der Waals surface area (Å²) in [5, 5.41) is 6.07. The van der Waals surface area contributed by atoms with Gasteiger partial charge in [0.2, 0.25) is 0 Å². The van der Waals surface area contributed by atoms with E-state index in [2.05, 4.69) is 25.5 Å². The van der Waals surface area contributed by atoms with Crippen LogP contribution in [0, 0.1) is 13.8 Å². The van der Waals surface area contributed by atoms with Crippen LogP contribution in [0.5, 0.6) is 0 Å². The van der Waals surface area contributed by atoms with Crippen LogP contribution in [-0.4, -0.2) is 55.3 Å². The van der Waals surface area contributed by atoms with Crippen LogP contribution in [0.4, 0.5) is 11.6 Å². The van der Waals surface area contributed by atoms with Gasteiger partial charge >= 0.3 is 0 Å². The Hall–Kier alpha value is -2.61. The number of ether oxygens (including phenoxy) is 1. The third-order valence-corrected chi connectivity index (χ3v) is 3.99. The van der Waals surface area contributed by atoms with Crippen molar-refractivity contribution in [3.8, 4) is 0 Å². The number of aryl methyl sites for hydroxylation is 2. The Bertz CT molecular complexity index is 725. The topological polar surface area (TPSA) is 92.5 Å². The van der Waals surface area contributed by atoms with Crippen LogP contribution in [0.15, 0.2) is 22.9 Å². The third-order valence-electron chi connectivity index (χ3n) is 3.99. The summed E-state index contributed by atoms with van der Waals surface area (Å²) in [6.07, 6.45) is 1.54. The number of hydrogen-bond acceptors (Lipinski definition) is 7. The zero-order chi connectivity index (χ0) is 17.6. The second kappa shape index (κ2) is 7.98. The summed E-state index contributed by atoms with van der Waals surface area (Å²) in [6, 6.07) is 3.66. The first-order chi connectivity index (χ1) is 12.1. The number of nitrogens with one attached hydrogen (secondary N) is 2. The van der Waals surface area contributed by atoms with Crippen molar-refractivity contribution in [2.75, 3.05) is 49.6 Å². The van der Waals surface area contributed by atoms with E-state index in [9.17, 15) is 4.79 Å². The second-order valence-corrected chi connectivity index (χ2v) is 5.87. The highest BCUT2D eigenvalue weighted by atomic mass is 16.5. The number of carbonyl (C=O) groups is 1. The van der Waals surface area contributed by atoms with E-state index < -0.39 is 0 Å². The Labute approximate surface area is 146 Å². The fourth-order valence-electron chi connectivity index (χ4n) is 2.73. The number of morpholine rings is 1. The molecule has 134 valence electrons. The third kappa shape index (κ3) is 4.48. The van der Waals surface area contributed by atoms with E-state index in [1.54, 1.807) is 19.3 Å². The predicted molar refractivity (Wildman–Crippen MR) is 94.1 cm³/mol. The van der Waals surface area contributed by atoms with Crippen molar-refractivity contribution in [2.45, 2.75) is 13.8 Å². The number of nitrogens with zero attached hydrogens (tertiary/aromatic N) is 3. The predicted octanol–water partition coefficient (Wildman–Crippen LogP) is 1.36. The van der Waals surface area contributed by atoms with Gasteiger partial charge in [0.25, 0.3) is 5.91 Å². The average molecular weight is 345 g/mol. The molecule has 1 fully saturated rings. The normalized spacial score (nSPS) is 14.4. The van der Waals surface area contributed by atoms with E-state index in [1.165, 1.54) is 0 Å². The van der Waals surface area contributed by atoms with Crippen molar-refractivity contribution >= 4 is 17.5 Å². The van der Waals surface area contributed by atoms with Crippen molar-refractivity contribution in [2.24, 2.45) is 0 Å². The molecule has 0 unspecified atom stereocenters. The molecular formula is C17H23N5O3. The van der Waals surface area contributed by atoms with Crippen LogP contribution in [0.3, 0.4) is 0 Å². The maximum atomic E-state index is 12.1. The fourth-order valence-corrected chi connectivity index (χ4v) is 2.73. The molecule has 2 aromatic rings. The molecule has 1 saturated heterocycles. The van der Waals surface area contributed by atoms with Gasteiger partial charge in [0.15, 0.2) is 0 Å². The lowest BCUT2D eigenvalue weighted by molar-refractivity contribution is 0.0953. The van der Waals surface area contributed by atoms with E-state index in [0.717, 1.165) is 30.5 Å². The molecule has 3 heterocycles. The molecule has 0 saturated carbocycles. The quantitative estimate of drug-likeness (QED) is 0.764. The Morgan fingerprint density at radius 3 is 2.72 bits per heavy atom. The largest absolute Gasteiger partial charge is 0.466 e. The summed E-state index contributed by atoms with van der Waals surface area (Å²) < 4.78 is 10.7. The Morgan fingerprint density at radius 2 is 2.00 bits per heavy atom. The molecule has 2 aromatic heterocycles. The minimum atomic E-state index is -0.132. The van der Waals surface area contributed by atoms with Crippen molar-refractivity contribution in [3.63, 3.8) is 0 Å². The van der Waals surface area contributed by atoms with Crippen LogP contribution in [0.25, 0.3) is 0 Å². The fraction of sp³-hybridized carbons (Fsp3) is 0.471. The van der Waals surface area contributed by atoms with Gasteiger partial charge < -0.3 is 24.7 Å². The van der Waals surface area contributed by atoms with Gasteiger partial charge in [-0.05, 0) is 19.9 Å². The smallest absolute Gasteiger partial charge is 0.254 e. The number of carbonyl (C=O) groups excluding carboxylic acids is 1. The van der Waals surface area contributed by atoms with Gasteiger partial charge in [-0.1, -0.05) is 0 Å². The summed E-state index contributed by atoms with van der Waals surface area (Å²) in [7, 11) is 0. The highest BCUT2D eigenvalue weighted by Crippen LogP contribution is 2.15. The van der Waals surface area contributed by atoms with Crippen LogP contribution < -0.4 is 15.5 Å². The lowest BCUT2D eigenvalue weighted by Gasteiger charge is -2.27. The van der Waals surface area contributed by atoms with E-state index in [0.29, 0.717) is 37.6 Å². The number of hydrogen-bond donors (Lipinski definition) is 2.